The highest BCUT2D eigenvalue weighted by Gasteiger charge is 2.17. The Kier molecular flexibility index (Phi) is 3.20. The van der Waals surface area contributed by atoms with Crippen molar-refractivity contribution in [3.63, 3.8) is 0 Å². The van der Waals surface area contributed by atoms with Crippen LogP contribution in [0.4, 0.5) is 0 Å². The van der Waals surface area contributed by atoms with Gasteiger partial charge in [-0.3, -0.25) is 0 Å². The van der Waals surface area contributed by atoms with E-state index in [1.54, 1.807) is 0 Å². The zero-order valence-electron chi connectivity index (χ0n) is 11.3. The van der Waals surface area contributed by atoms with Crippen LogP contribution in [0.1, 0.15) is 16.8 Å². The second-order valence-electron chi connectivity index (χ2n) is 4.72. The standard InChI is InChI=1S/C15H14ClN3O/c1-8-12(7-17)9(2)18-15-13(8)14(19-20-15)10-3-5-11(16)6-4-10/h3-6H,7,17H2,1-2H3. The summed E-state index contributed by atoms with van der Waals surface area (Å²) < 4.78 is 5.36. The van der Waals surface area contributed by atoms with E-state index in [1.807, 2.05) is 38.1 Å². The third-order valence-electron chi connectivity index (χ3n) is 3.53. The predicted octanol–water partition coefficient (Wildman–Crippen LogP) is 3.62. The Hall–Kier alpha value is -1.91. The zero-order valence-corrected chi connectivity index (χ0v) is 12.0. The molecule has 0 aliphatic carbocycles. The van der Waals surface area contributed by atoms with E-state index in [0.29, 0.717) is 17.3 Å². The Balaban J connectivity index is 2.30. The molecule has 4 nitrogen and oxygen atoms in total. The van der Waals surface area contributed by atoms with Crippen LogP contribution in [0.2, 0.25) is 5.02 Å². The lowest BCUT2D eigenvalue weighted by atomic mass is 10.0. The van der Waals surface area contributed by atoms with Crippen molar-refractivity contribution in [1.29, 1.82) is 0 Å². The summed E-state index contributed by atoms with van der Waals surface area (Å²) in [4.78, 5) is 4.44. The number of hydrogen-bond donors (Lipinski definition) is 1. The number of hydrogen-bond acceptors (Lipinski definition) is 4. The van der Waals surface area contributed by atoms with Crippen LogP contribution in [-0.4, -0.2) is 10.1 Å². The SMILES string of the molecule is Cc1nc2onc(-c3ccc(Cl)cc3)c2c(C)c1CN. The van der Waals surface area contributed by atoms with E-state index in [9.17, 15) is 0 Å². The Morgan fingerprint density at radius 2 is 1.90 bits per heavy atom. The van der Waals surface area contributed by atoms with Crippen molar-refractivity contribution < 1.29 is 4.52 Å². The molecular formula is C15H14ClN3O. The topological polar surface area (TPSA) is 64.9 Å². The molecule has 0 saturated carbocycles. The Morgan fingerprint density at radius 1 is 1.20 bits per heavy atom. The minimum absolute atomic E-state index is 0.450. The largest absolute Gasteiger partial charge is 0.335 e. The van der Waals surface area contributed by atoms with E-state index in [0.717, 1.165) is 33.5 Å². The molecule has 0 spiro atoms. The number of pyridine rings is 1. The molecule has 0 unspecified atom stereocenters. The van der Waals surface area contributed by atoms with Crippen LogP contribution in [0.3, 0.4) is 0 Å². The molecule has 102 valence electrons. The monoisotopic (exact) mass is 287 g/mol. The van der Waals surface area contributed by atoms with E-state index in [2.05, 4.69) is 10.1 Å². The number of halogens is 1. The first-order chi connectivity index (χ1) is 9.61. The van der Waals surface area contributed by atoms with Crippen LogP contribution < -0.4 is 5.73 Å². The van der Waals surface area contributed by atoms with Gasteiger partial charge in [0, 0.05) is 22.8 Å². The number of fused-ring (bicyclic) bond motifs is 1. The van der Waals surface area contributed by atoms with Gasteiger partial charge in [0.05, 0.1) is 5.39 Å². The highest BCUT2D eigenvalue weighted by Crippen LogP contribution is 2.32. The molecule has 0 radical (unpaired) electrons. The third kappa shape index (κ3) is 1.97. The Bertz CT molecular complexity index is 778. The van der Waals surface area contributed by atoms with E-state index in [4.69, 9.17) is 21.9 Å². The molecule has 0 fully saturated rings. The molecule has 0 atom stereocenters. The fourth-order valence-electron chi connectivity index (χ4n) is 2.44. The van der Waals surface area contributed by atoms with Crippen LogP contribution in [0.25, 0.3) is 22.4 Å². The molecule has 2 heterocycles. The van der Waals surface area contributed by atoms with E-state index in [-0.39, 0.29) is 0 Å². The maximum atomic E-state index is 5.92. The molecule has 2 aromatic heterocycles. The summed E-state index contributed by atoms with van der Waals surface area (Å²) in [5, 5.41) is 5.76. The second kappa shape index (κ2) is 4.89. The van der Waals surface area contributed by atoms with Gasteiger partial charge in [-0.05, 0) is 37.1 Å². The first-order valence-electron chi connectivity index (χ1n) is 6.33. The third-order valence-corrected chi connectivity index (χ3v) is 3.78. The van der Waals surface area contributed by atoms with Gasteiger partial charge in [0.2, 0.25) is 0 Å². The fourth-order valence-corrected chi connectivity index (χ4v) is 2.57. The van der Waals surface area contributed by atoms with Crippen molar-refractivity contribution in [2.45, 2.75) is 20.4 Å². The van der Waals surface area contributed by atoms with Gasteiger partial charge in [0.15, 0.2) is 0 Å². The van der Waals surface area contributed by atoms with Gasteiger partial charge in [-0.15, -0.1) is 0 Å². The molecular weight excluding hydrogens is 274 g/mol. The number of nitrogens with two attached hydrogens (primary N) is 1. The molecule has 0 saturated heterocycles. The molecule has 2 N–H and O–H groups in total. The maximum absolute atomic E-state index is 5.92. The van der Waals surface area contributed by atoms with Crippen molar-refractivity contribution in [2.75, 3.05) is 0 Å². The molecule has 0 aliphatic rings. The Labute approximate surface area is 121 Å². The van der Waals surface area contributed by atoms with Gasteiger partial charge in [-0.25, -0.2) is 4.98 Å². The van der Waals surface area contributed by atoms with Crippen LogP contribution in [0, 0.1) is 13.8 Å². The summed E-state index contributed by atoms with van der Waals surface area (Å²) in [5.41, 5.74) is 11.1. The van der Waals surface area contributed by atoms with Crippen molar-refractivity contribution >= 4 is 22.7 Å². The summed E-state index contributed by atoms with van der Waals surface area (Å²) in [6.07, 6.45) is 0. The molecule has 1 aromatic carbocycles. The molecule has 5 heteroatoms. The first kappa shape index (κ1) is 13.1. The average Bonchev–Trinajstić information content (AvgIpc) is 2.84. The minimum Gasteiger partial charge on any atom is -0.335 e. The summed E-state index contributed by atoms with van der Waals surface area (Å²) in [5.74, 6) is 0. The van der Waals surface area contributed by atoms with Gasteiger partial charge < -0.3 is 10.3 Å². The van der Waals surface area contributed by atoms with Crippen molar-refractivity contribution in [3.8, 4) is 11.3 Å². The van der Waals surface area contributed by atoms with Gasteiger partial charge in [-0.2, -0.15) is 0 Å². The molecule has 0 bridgehead atoms. The normalized spacial score (nSPS) is 11.2. The quantitative estimate of drug-likeness (QED) is 0.782. The molecule has 0 aliphatic heterocycles. The van der Waals surface area contributed by atoms with Crippen LogP contribution in [0.15, 0.2) is 28.8 Å². The van der Waals surface area contributed by atoms with Crippen LogP contribution in [-0.2, 0) is 6.54 Å². The Morgan fingerprint density at radius 3 is 2.55 bits per heavy atom. The lowest BCUT2D eigenvalue weighted by molar-refractivity contribution is 0.451. The van der Waals surface area contributed by atoms with Gasteiger partial charge in [0.25, 0.3) is 5.71 Å². The van der Waals surface area contributed by atoms with Gasteiger partial charge >= 0.3 is 0 Å². The van der Waals surface area contributed by atoms with Gasteiger partial charge in [0.1, 0.15) is 5.69 Å². The van der Waals surface area contributed by atoms with E-state index in [1.165, 1.54) is 0 Å². The van der Waals surface area contributed by atoms with E-state index >= 15 is 0 Å². The lowest BCUT2D eigenvalue weighted by Crippen LogP contribution is -2.04. The van der Waals surface area contributed by atoms with Gasteiger partial charge in [-0.1, -0.05) is 28.9 Å². The molecule has 0 amide bonds. The summed E-state index contributed by atoms with van der Waals surface area (Å²) in [6, 6.07) is 7.50. The van der Waals surface area contributed by atoms with Crippen molar-refractivity contribution in [1.82, 2.24) is 10.1 Å². The maximum Gasteiger partial charge on any atom is 0.258 e. The molecule has 3 aromatic rings. The van der Waals surface area contributed by atoms with E-state index < -0.39 is 0 Å². The highest BCUT2D eigenvalue weighted by molar-refractivity contribution is 6.30. The van der Waals surface area contributed by atoms with Crippen LogP contribution in [0.5, 0.6) is 0 Å². The molecule has 20 heavy (non-hydrogen) atoms. The number of nitrogens with zero attached hydrogens (tertiary/aromatic N) is 2. The van der Waals surface area contributed by atoms with Crippen LogP contribution >= 0.6 is 11.6 Å². The number of aromatic nitrogens is 2. The summed E-state index contributed by atoms with van der Waals surface area (Å²) in [6.45, 7) is 4.40. The summed E-state index contributed by atoms with van der Waals surface area (Å²) >= 11 is 5.92. The second-order valence-corrected chi connectivity index (χ2v) is 5.16. The number of rotatable bonds is 2. The lowest BCUT2D eigenvalue weighted by Gasteiger charge is -2.07. The summed E-state index contributed by atoms with van der Waals surface area (Å²) in [7, 11) is 0. The number of aryl methyl sites for hydroxylation is 2. The zero-order chi connectivity index (χ0) is 14.3. The fraction of sp³-hybridized carbons (Fsp3) is 0.200. The predicted molar refractivity (Wildman–Crippen MR) is 79.6 cm³/mol. The van der Waals surface area contributed by atoms with Crippen molar-refractivity contribution in [3.05, 3.63) is 46.1 Å². The van der Waals surface area contributed by atoms with Crippen molar-refractivity contribution in [2.24, 2.45) is 5.73 Å². The smallest absolute Gasteiger partial charge is 0.258 e. The minimum atomic E-state index is 0.450. The average molecular weight is 288 g/mol. The number of benzene rings is 1. The first-order valence-corrected chi connectivity index (χ1v) is 6.71. The highest BCUT2D eigenvalue weighted by atomic mass is 35.5. The molecule has 3 rings (SSSR count).